The molecular weight excluding hydrogens is 382 g/mol. The number of esters is 1. The Morgan fingerprint density at radius 1 is 1.18 bits per heavy atom. The van der Waals surface area contributed by atoms with Crippen LogP contribution in [0.25, 0.3) is 0 Å². The molecule has 2 aromatic carbocycles. The summed E-state index contributed by atoms with van der Waals surface area (Å²) in [6, 6.07) is 13.8. The topological polar surface area (TPSA) is 111 Å². The molecule has 2 rings (SSSR count). The van der Waals surface area contributed by atoms with Gasteiger partial charge in [-0.15, -0.1) is 0 Å². The molecule has 0 atom stereocenters. The number of nitrogens with zero attached hydrogens (tertiary/aromatic N) is 1. The van der Waals surface area contributed by atoms with Crippen molar-refractivity contribution >= 4 is 35.0 Å². The summed E-state index contributed by atoms with van der Waals surface area (Å²) in [6.07, 6.45) is 0. The van der Waals surface area contributed by atoms with E-state index in [2.05, 4.69) is 10.6 Å². The third-order valence-electron chi connectivity index (χ3n) is 3.72. The van der Waals surface area contributed by atoms with Gasteiger partial charge >= 0.3 is 5.97 Å². The maximum Gasteiger partial charge on any atom is 0.341 e. The standard InChI is InChI=1S/C19H21N3O5S/c1-20-17-8-7-15(22(25)26)11-16(17)19(24)27-12-18(23)21-9-10-28-13-14-5-3-2-4-6-14/h2-8,11,20H,9-10,12-13H2,1H3,(H,21,23). The van der Waals surface area contributed by atoms with Crippen molar-refractivity contribution in [1.82, 2.24) is 5.32 Å². The zero-order valence-electron chi connectivity index (χ0n) is 15.3. The molecule has 0 aliphatic rings. The molecule has 0 aliphatic heterocycles. The van der Waals surface area contributed by atoms with E-state index >= 15 is 0 Å². The highest BCUT2D eigenvalue weighted by Gasteiger charge is 2.18. The number of rotatable bonds is 10. The summed E-state index contributed by atoms with van der Waals surface area (Å²) < 4.78 is 4.97. The van der Waals surface area contributed by atoms with Gasteiger partial charge in [0.05, 0.1) is 10.5 Å². The molecule has 1 amide bonds. The highest BCUT2D eigenvalue weighted by molar-refractivity contribution is 7.98. The summed E-state index contributed by atoms with van der Waals surface area (Å²) in [7, 11) is 1.58. The molecule has 0 unspecified atom stereocenters. The second kappa shape index (κ2) is 10.9. The Morgan fingerprint density at radius 2 is 1.93 bits per heavy atom. The molecule has 28 heavy (non-hydrogen) atoms. The number of carbonyl (C=O) groups is 2. The van der Waals surface area contributed by atoms with E-state index in [0.29, 0.717) is 12.2 Å². The third-order valence-corrected chi connectivity index (χ3v) is 4.75. The van der Waals surface area contributed by atoms with Crippen LogP contribution in [0.3, 0.4) is 0 Å². The van der Waals surface area contributed by atoms with Crippen molar-refractivity contribution in [3.05, 3.63) is 69.8 Å². The molecule has 0 fully saturated rings. The first kappa shape index (κ1) is 21.2. The van der Waals surface area contributed by atoms with Crippen LogP contribution >= 0.6 is 11.8 Å². The Labute approximate surface area is 166 Å². The summed E-state index contributed by atoms with van der Waals surface area (Å²) >= 11 is 1.68. The van der Waals surface area contributed by atoms with E-state index in [1.807, 2.05) is 30.3 Å². The Bertz CT molecular complexity index is 830. The number of thioether (sulfide) groups is 1. The fourth-order valence-electron chi connectivity index (χ4n) is 2.32. The second-order valence-corrected chi connectivity index (χ2v) is 6.81. The molecule has 148 valence electrons. The zero-order chi connectivity index (χ0) is 20.4. The Hall–Kier alpha value is -3.07. The lowest BCUT2D eigenvalue weighted by Crippen LogP contribution is -2.30. The van der Waals surface area contributed by atoms with Crippen molar-refractivity contribution < 1.29 is 19.2 Å². The monoisotopic (exact) mass is 403 g/mol. The minimum atomic E-state index is -0.804. The summed E-state index contributed by atoms with van der Waals surface area (Å²) in [6.45, 7) is 0.000486. The molecule has 0 heterocycles. The maximum atomic E-state index is 12.2. The molecule has 0 aliphatic carbocycles. The van der Waals surface area contributed by atoms with E-state index in [0.717, 1.165) is 17.6 Å². The number of carbonyl (C=O) groups excluding carboxylic acids is 2. The SMILES string of the molecule is CNc1ccc([N+](=O)[O-])cc1C(=O)OCC(=O)NCCSCc1ccccc1. The van der Waals surface area contributed by atoms with Gasteiger partial charge in [-0.25, -0.2) is 4.79 Å². The normalized spacial score (nSPS) is 10.2. The number of ether oxygens (including phenoxy) is 1. The summed E-state index contributed by atoms with van der Waals surface area (Å²) in [5.74, 6) is 0.348. The van der Waals surface area contributed by atoms with E-state index in [4.69, 9.17) is 4.74 Å². The van der Waals surface area contributed by atoms with Gasteiger partial charge in [-0.2, -0.15) is 11.8 Å². The number of nitro benzene ring substituents is 1. The van der Waals surface area contributed by atoms with E-state index in [-0.39, 0.29) is 11.3 Å². The molecule has 9 heteroatoms. The van der Waals surface area contributed by atoms with Gasteiger partial charge in [0.2, 0.25) is 0 Å². The fourth-order valence-corrected chi connectivity index (χ4v) is 3.14. The van der Waals surface area contributed by atoms with Crippen molar-refractivity contribution in [3.8, 4) is 0 Å². The second-order valence-electron chi connectivity index (χ2n) is 5.70. The van der Waals surface area contributed by atoms with Gasteiger partial charge in [0.25, 0.3) is 11.6 Å². The van der Waals surface area contributed by atoms with Gasteiger partial charge in [-0.3, -0.25) is 14.9 Å². The molecule has 0 saturated carbocycles. The minimum absolute atomic E-state index is 0.00270. The average Bonchev–Trinajstić information content (AvgIpc) is 2.71. The number of non-ortho nitro benzene ring substituents is 1. The highest BCUT2D eigenvalue weighted by atomic mass is 32.2. The highest BCUT2D eigenvalue weighted by Crippen LogP contribution is 2.22. The van der Waals surface area contributed by atoms with Crippen LogP contribution in [0, 0.1) is 10.1 Å². The van der Waals surface area contributed by atoms with E-state index in [1.54, 1.807) is 18.8 Å². The average molecular weight is 403 g/mol. The smallest absolute Gasteiger partial charge is 0.341 e. The number of nitrogens with one attached hydrogen (secondary N) is 2. The van der Waals surface area contributed by atoms with Crippen molar-refractivity contribution in [2.45, 2.75) is 5.75 Å². The van der Waals surface area contributed by atoms with Crippen LogP contribution in [0.15, 0.2) is 48.5 Å². The minimum Gasteiger partial charge on any atom is -0.452 e. The molecule has 2 aromatic rings. The maximum absolute atomic E-state index is 12.2. The zero-order valence-corrected chi connectivity index (χ0v) is 16.2. The lowest BCUT2D eigenvalue weighted by molar-refractivity contribution is -0.384. The lowest BCUT2D eigenvalue weighted by atomic mass is 10.1. The first-order valence-electron chi connectivity index (χ1n) is 8.53. The van der Waals surface area contributed by atoms with Gasteiger partial charge in [-0.05, 0) is 11.6 Å². The predicted molar refractivity (Wildman–Crippen MR) is 109 cm³/mol. The predicted octanol–water partition coefficient (Wildman–Crippen LogP) is 2.84. The van der Waals surface area contributed by atoms with E-state index in [1.165, 1.54) is 17.7 Å². The van der Waals surface area contributed by atoms with Crippen molar-refractivity contribution in [2.75, 3.05) is 31.3 Å². The van der Waals surface area contributed by atoms with Crippen molar-refractivity contribution in [1.29, 1.82) is 0 Å². The van der Waals surface area contributed by atoms with Gasteiger partial charge in [0.15, 0.2) is 6.61 Å². The summed E-state index contributed by atoms with van der Waals surface area (Å²) in [4.78, 5) is 34.3. The van der Waals surface area contributed by atoms with E-state index in [9.17, 15) is 19.7 Å². The molecule has 0 radical (unpaired) electrons. The molecule has 0 aromatic heterocycles. The first-order chi connectivity index (χ1) is 13.5. The van der Waals surface area contributed by atoms with Crippen LogP contribution in [0.5, 0.6) is 0 Å². The molecule has 0 bridgehead atoms. The van der Waals surface area contributed by atoms with Crippen LogP contribution in [0.1, 0.15) is 15.9 Å². The molecular formula is C19H21N3O5S. The fraction of sp³-hybridized carbons (Fsp3) is 0.263. The number of hydrogen-bond acceptors (Lipinski definition) is 7. The van der Waals surface area contributed by atoms with Gasteiger partial charge < -0.3 is 15.4 Å². The number of anilines is 1. The molecule has 0 saturated heterocycles. The van der Waals surface area contributed by atoms with Gasteiger partial charge in [0.1, 0.15) is 0 Å². The van der Waals surface area contributed by atoms with Crippen LogP contribution in [-0.4, -0.2) is 42.8 Å². The molecule has 0 spiro atoms. The number of nitro groups is 1. The summed E-state index contributed by atoms with van der Waals surface area (Å²) in [5, 5.41) is 16.3. The van der Waals surface area contributed by atoms with Gasteiger partial charge in [0, 0.05) is 42.9 Å². The molecule has 8 nitrogen and oxygen atoms in total. The first-order valence-corrected chi connectivity index (χ1v) is 9.68. The molecule has 2 N–H and O–H groups in total. The largest absolute Gasteiger partial charge is 0.452 e. The summed E-state index contributed by atoms with van der Waals surface area (Å²) in [5.41, 5.74) is 1.37. The van der Waals surface area contributed by atoms with Crippen LogP contribution in [-0.2, 0) is 15.3 Å². The Kier molecular flexibility index (Phi) is 8.29. The number of benzene rings is 2. The van der Waals surface area contributed by atoms with Crippen LogP contribution < -0.4 is 10.6 Å². The number of amides is 1. The Morgan fingerprint density at radius 3 is 2.61 bits per heavy atom. The lowest BCUT2D eigenvalue weighted by Gasteiger charge is -2.09. The van der Waals surface area contributed by atoms with Crippen LogP contribution in [0.4, 0.5) is 11.4 Å². The van der Waals surface area contributed by atoms with Crippen LogP contribution in [0.2, 0.25) is 0 Å². The quantitative estimate of drug-likeness (QED) is 0.272. The Balaban J connectivity index is 1.74. The number of hydrogen-bond donors (Lipinski definition) is 2. The van der Waals surface area contributed by atoms with Crippen molar-refractivity contribution in [3.63, 3.8) is 0 Å². The van der Waals surface area contributed by atoms with Gasteiger partial charge in [-0.1, -0.05) is 30.3 Å². The van der Waals surface area contributed by atoms with E-state index < -0.39 is 23.4 Å². The van der Waals surface area contributed by atoms with Crippen molar-refractivity contribution in [2.24, 2.45) is 0 Å². The third kappa shape index (κ3) is 6.58.